The second kappa shape index (κ2) is 7.06. The summed E-state index contributed by atoms with van der Waals surface area (Å²) in [5.74, 6) is 0.882. The van der Waals surface area contributed by atoms with Crippen molar-refractivity contribution in [3.05, 3.63) is 53.7 Å². The van der Waals surface area contributed by atoms with Crippen LogP contribution in [0.1, 0.15) is 29.9 Å². The van der Waals surface area contributed by atoms with Gasteiger partial charge in [0.05, 0.1) is 18.8 Å². The smallest absolute Gasteiger partial charge is 0.315 e. The summed E-state index contributed by atoms with van der Waals surface area (Å²) in [5, 5.41) is 15.3. The largest absolute Gasteiger partial charge is 0.467 e. The van der Waals surface area contributed by atoms with Crippen molar-refractivity contribution in [1.29, 1.82) is 0 Å². The number of thioether (sulfide) groups is 1. The van der Waals surface area contributed by atoms with Crippen LogP contribution in [-0.2, 0) is 0 Å². The Balaban J connectivity index is 1.58. The number of amides is 2. The van der Waals surface area contributed by atoms with Gasteiger partial charge < -0.3 is 20.2 Å². The summed E-state index contributed by atoms with van der Waals surface area (Å²) < 4.78 is 18.9. The Morgan fingerprint density at radius 3 is 3.09 bits per heavy atom. The molecule has 122 valence electrons. The van der Waals surface area contributed by atoms with E-state index in [4.69, 9.17) is 4.42 Å². The van der Waals surface area contributed by atoms with E-state index in [1.807, 2.05) is 6.07 Å². The number of nitrogens with one attached hydrogen (secondary N) is 2. The topological polar surface area (TPSA) is 74.5 Å². The number of benzene rings is 1. The maximum absolute atomic E-state index is 13.8. The number of carbonyl (C=O) groups is 1. The van der Waals surface area contributed by atoms with Gasteiger partial charge >= 0.3 is 6.03 Å². The fraction of sp³-hybridized carbons (Fsp3) is 0.312. The van der Waals surface area contributed by atoms with Crippen LogP contribution in [0.2, 0.25) is 0 Å². The van der Waals surface area contributed by atoms with Gasteiger partial charge in [0.25, 0.3) is 0 Å². The van der Waals surface area contributed by atoms with Crippen molar-refractivity contribution in [2.75, 3.05) is 12.3 Å². The number of urea groups is 1. The maximum atomic E-state index is 13.8. The molecule has 2 aromatic rings. The summed E-state index contributed by atoms with van der Waals surface area (Å²) in [4.78, 5) is 12.6. The van der Waals surface area contributed by atoms with E-state index >= 15 is 0 Å². The molecule has 2 amide bonds. The predicted octanol–water partition coefficient (Wildman–Crippen LogP) is 2.99. The van der Waals surface area contributed by atoms with Crippen LogP contribution in [0.15, 0.2) is 45.9 Å². The molecule has 5 nitrogen and oxygen atoms in total. The second-order valence-corrected chi connectivity index (χ2v) is 6.34. The third-order valence-corrected chi connectivity index (χ3v) is 4.82. The fourth-order valence-electron chi connectivity index (χ4n) is 2.52. The molecule has 0 fully saturated rings. The van der Waals surface area contributed by atoms with Crippen molar-refractivity contribution in [2.45, 2.75) is 23.5 Å². The summed E-state index contributed by atoms with van der Waals surface area (Å²) in [7, 11) is 0. The normalized spacial score (nSPS) is 18.1. The molecule has 0 aliphatic carbocycles. The molecule has 7 heteroatoms. The molecule has 0 spiro atoms. The van der Waals surface area contributed by atoms with E-state index in [-0.39, 0.29) is 18.4 Å². The van der Waals surface area contributed by atoms with Gasteiger partial charge in [0.1, 0.15) is 17.7 Å². The Kier molecular flexibility index (Phi) is 4.88. The van der Waals surface area contributed by atoms with Crippen molar-refractivity contribution in [1.82, 2.24) is 10.6 Å². The van der Waals surface area contributed by atoms with E-state index in [1.54, 1.807) is 18.2 Å². The molecule has 1 aromatic carbocycles. The average Bonchev–Trinajstić information content (AvgIpc) is 3.08. The molecule has 0 saturated heterocycles. The lowest BCUT2D eigenvalue weighted by Gasteiger charge is -2.26. The van der Waals surface area contributed by atoms with Crippen LogP contribution in [0, 0.1) is 5.82 Å². The Bertz CT molecular complexity index is 678. The molecule has 2 atom stereocenters. The summed E-state index contributed by atoms with van der Waals surface area (Å²) in [6.07, 6.45) is 1.29. The summed E-state index contributed by atoms with van der Waals surface area (Å²) in [6, 6.07) is 7.57. The molecule has 1 aromatic heterocycles. The fourth-order valence-corrected chi connectivity index (χ4v) is 3.66. The van der Waals surface area contributed by atoms with Gasteiger partial charge in [-0.3, -0.25) is 0 Å². The van der Waals surface area contributed by atoms with Gasteiger partial charge in [-0.1, -0.05) is 12.1 Å². The zero-order valence-corrected chi connectivity index (χ0v) is 13.1. The second-order valence-electron chi connectivity index (χ2n) is 5.23. The standard InChI is InChI=1S/C16H17FN2O3S/c17-11-4-1-3-10-12(6-8-23-15(10)11)19-16(21)18-9-13(20)14-5-2-7-22-14/h1-5,7,12-13,20H,6,8-9H2,(H2,18,19,21). The quantitative estimate of drug-likeness (QED) is 0.802. The molecule has 0 radical (unpaired) electrons. The van der Waals surface area contributed by atoms with Gasteiger partial charge in [-0.25, -0.2) is 9.18 Å². The number of aliphatic hydroxyl groups is 1. The van der Waals surface area contributed by atoms with Gasteiger partial charge in [0.2, 0.25) is 0 Å². The molecule has 1 aliphatic heterocycles. The van der Waals surface area contributed by atoms with Crippen molar-refractivity contribution >= 4 is 17.8 Å². The van der Waals surface area contributed by atoms with E-state index in [0.717, 1.165) is 17.7 Å². The Hall–Kier alpha value is -1.99. The minimum atomic E-state index is -0.901. The number of furan rings is 1. The Morgan fingerprint density at radius 2 is 2.30 bits per heavy atom. The molecule has 3 N–H and O–H groups in total. The van der Waals surface area contributed by atoms with Crippen molar-refractivity contribution in [2.24, 2.45) is 0 Å². The minimum Gasteiger partial charge on any atom is -0.467 e. The molecule has 2 unspecified atom stereocenters. The zero-order chi connectivity index (χ0) is 16.2. The summed E-state index contributed by atoms with van der Waals surface area (Å²) >= 11 is 1.46. The number of hydrogen-bond donors (Lipinski definition) is 3. The number of rotatable bonds is 4. The first kappa shape index (κ1) is 15.9. The average molecular weight is 336 g/mol. The van der Waals surface area contributed by atoms with Gasteiger partial charge in [0, 0.05) is 10.6 Å². The van der Waals surface area contributed by atoms with E-state index in [1.165, 1.54) is 24.1 Å². The highest BCUT2D eigenvalue weighted by atomic mass is 32.2. The zero-order valence-electron chi connectivity index (χ0n) is 12.3. The van der Waals surface area contributed by atoms with E-state index < -0.39 is 12.1 Å². The van der Waals surface area contributed by atoms with Crippen LogP contribution in [0.25, 0.3) is 0 Å². The maximum Gasteiger partial charge on any atom is 0.315 e. The third kappa shape index (κ3) is 3.68. The summed E-state index contributed by atoms with van der Waals surface area (Å²) in [5.41, 5.74) is 0.794. The molecule has 2 heterocycles. The monoisotopic (exact) mass is 336 g/mol. The first-order valence-electron chi connectivity index (χ1n) is 7.32. The highest BCUT2D eigenvalue weighted by molar-refractivity contribution is 7.99. The summed E-state index contributed by atoms with van der Waals surface area (Å²) in [6.45, 7) is 0.0385. The van der Waals surface area contributed by atoms with E-state index in [2.05, 4.69) is 10.6 Å². The molecule has 0 saturated carbocycles. The van der Waals surface area contributed by atoms with Crippen molar-refractivity contribution in [3.8, 4) is 0 Å². The van der Waals surface area contributed by atoms with Crippen LogP contribution in [-0.4, -0.2) is 23.4 Å². The van der Waals surface area contributed by atoms with Gasteiger partial charge in [-0.05, 0) is 30.2 Å². The lowest BCUT2D eigenvalue weighted by molar-refractivity contribution is 0.147. The highest BCUT2D eigenvalue weighted by Crippen LogP contribution is 2.37. The van der Waals surface area contributed by atoms with E-state index in [0.29, 0.717) is 10.7 Å². The minimum absolute atomic E-state index is 0.0385. The predicted molar refractivity (Wildman–Crippen MR) is 84.7 cm³/mol. The number of carbonyl (C=O) groups excluding carboxylic acids is 1. The van der Waals surface area contributed by atoms with Crippen LogP contribution in [0.4, 0.5) is 9.18 Å². The van der Waals surface area contributed by atoms with Crippen LogP contribution >= 0.6 is 11.8 Å². The van der Waals surface area contributed by atoms with Crippen LogP contribution in [0.5, 0.6) is 0 Å². The Morgan fingerprint density at radius 1 is 1.43 bits per heavy atom. The van der Waals surface area contributed by atoms with Crippen LogP contribution < -0.4 is 10.6 Å². The molecule has 1 aliphatic rings. The van der Waals surface area contributed by atoms with Crippen molar-refractivity contribution < 1.29 is 18.7 Å². The lowest BCUT2D eigenvalue weighted by atomic mass is 10.0. The van der Waals surface area contributed by atoms with Crippen molar-refractivity contribution in [3.63, 3.8) is 0 Å². The molecule has 0 bridgehead atoms. The number of hydrogen-bond acceptors (Lipinski definition) is 4. The number of fused-ring (bicyclic) bond motifs is 1. The number of aliphatic hydroxyl groups excluding tert-OH is 1. The first-order chi connectivity index (χ1) is 11.1. The van der Waals surface area contributed by atoms with Gasteiger partial charge in [0.15, 0.2) is 0 Å². The first-order valence-corrected chi connectivity index (χ1v) is 8.30. The van der Waals surface area contributed by atoms with Gasteiger partial charge in [-0.15, -0.1) is 11.8 Å². The van der Waals surface area contributed by atoms with E-state index in [9.17, 15) is 14.3 Å². The molecular formula is C16H17FN2O3S. The lowest BCUT2D eigenvalue weighted by Crippen LogP contribution is -2.40. The molecule has 23 heavy (non-hydrogen) atoms. The Labute approximate surface area is 137 Å². The van der Waals surface area contributed by atoms with Gasteiger partial charge in [-0.2, -0.15) is 0 Å². The third-order valence-electron chi connectivity index (χ3n) is 3.66. The highest BCUT2D eigenvalue weighted by Gasteiger charge is 2.24. The number of halogens is 1. The molecular weight excluding hydrogens is 319 g/mol. The SMILES string of the molecule is O=C(NCC(O)c1ccco1)NC1CCSc2c(F)cccc21. The van der Waals surface area contributed by atoms with Crippen LogP contribution in [0.3, 0.4) is 0 Å². The molecule has 3 rings (SSSR count).